The molecular formula is C46H30. The Morgan fingerprint density at radius 3 is 1.46 bits per heavy atom. The average Bonchev–Trinajstić information content (AvgIpc) is 3.14. The molecule has 46 heavy (non-hydrogen) atoms. The summed E-state index contributed by atoms with van der Waals surface area (Å²) < 4.78 is 0. The van der Waals surface area contributed by atoms with Gasteiger partial charge in [0.2, 0.25) is 0 Å². The molecule has 9 aromatic carbocycles. The lowest BCUT2D eigenvalue weighted by atomic mass is 9.83. The maximum Gasteiger partial charge on any atom is -0.00201 e. The molecule has 0 amide bonds. The van der Waals surface area contributed by atoms with Crippen LogP contribution in [0.4, 0.5) is 0 Å². The Kier molecular flexibility index (Phi) is 6.25. The van der Waals surface area contributed by atoms with E-state index in [1.165, 1.54) is 87.6 Å². The van der Waals surface area contributed by atoms with Crippen LogP contribution in [0.15, 0.2) is 182 Å². The average molecular weight is 583 g/mol. The molecule has 0 heteroatoms. The van der Waals surface area contributed by atoms with Crippen LogP contribution in [0.5, 0.6) is 0 Å². The lowest BCUT2D eigenvalue weighted by Crippen LogP contribution is -1.93. The van der Waals surface area contributed by atoms with Crippen molar-refractivity contribution in [3.05, 3.63) is 182 Å². The molecule has 0 fully saturated rings. The highest BCUT2D eigenvalue weighted by Gasteiger charge is 2.19. The summed E-state index contributed by atoms with van der Waals surface area (Å²) in [5.74, 6) is 0. The van der Waals surface area contributed by atoms with Crippen molar-refractivity contribution in [2.45, 2.75) is 0 Å². The van der Waals surface area contributed by atoms with E-state index in [2.05, 4.69) is 182 Å². The van der Waals surface area contributed by atoms with Gasteiger partial charge in [-0.3, -0.25) is 0 Å². The fourth-order valence-electron chi connectivity index (χ4n) is 7.44. The normalized spacial score (nSPS) is 11.5. The van der Waals surface area contributed by atoms with Crippen LogP contribution >= 0.6 is 0 Å². The maximum atomic E-state index is 2.39. The second-order valence-corrected chi connectivity index (χ2v) is 12.0. The van der Waals surface area contributed by atoms with Crippen LogP contribution in [0.3, 0.4) is 0 Å². The molecule has 0 saturated carbocycles. The van der Waals surface area contributed by atoms with E-state index in [1.807, 2.05) is 0 Å². The molecule has 0 radical (unpaired) electrons. The van der Waals surface area contributed by atoms with Gasteiger partial charge in [0, 0.05) is 0 Å². The Balaban J connectivity index is 1.33. The molecule has 0 aromatic heterocycles. The van der Waals surface area contributed by atoms with Crippen molar-refractivity contribution >= 4 is 43.1 Å². The number of hydrogen-bond acceptors (Lipinski definition) is 0. The molecule has 214 valence electrons. The minimum atomic E-state index is 1.23. The third kappa shape index (κ3) is 4.23. The van der Waals surface area contributed by atoms with Crippen LogP contribution in [0, 0.1) is 0 Å². The first-order valence-electron chi connectivity index (χ1n) is 15.9. The molecule has 9 rings (SSSR count). The van der Waals surface area contributed by atoms with Gasteiger partial charge in [0.15, 0.2) is 0 Å². The molecule has 0 nitrogen and oxygen atoms in total. The molecule has 0 atom stereocenters. The molecular weight excluding hydrogens is 553 g/mol. The summed E-state index contributed by atoms with van der Waals surface area (Å²) in [5.41, 5.74) is 10.0. The van der Waals surface area contributed by atoms with Gasteiger partial charge in [-0.05, 0) is 93.7 Å². The molecule has 9 aromatic rings. The SMILES string of the molecule is c1ccc(-c2ccccc2-c2c3ccccc3c(-c3cccc(-c4cccc5ccc6ccccc6c45)c3)c3ccccc23)cc1. The van der Waals surface area contributed by atoms with Gasteiger partial charge in [-0.1, -0.05) is 176 Å². The molecule has 0 N–H and O–H groups in total. The number of rotatable bonds is 4. The first-order chi connectivity index (χ1) is 22.8. The Hall–Kier alpha value is -5.98. The Morgan fingerprint density at radius 2 is 0.717 bits per heavy atom. The summed E-state index contributed by atoms with van der Waals surface area (Å²) in [6.45, 7) is 0. The smallest absolute Gasteiger partial charge is 0.00201 e. The minimum absolute atomic E-state index is 1.23. The van der Waals surface area contributed by atoms with Gasteiger partial charge in [-0.2, -0.15) is 0 Å². The first-order valence-corrected chi connectivity index (χ1v) is 15.9. The van der Waals surface area contributed by atoms with E-state index < -0.39 is 0 Å². The van der Waals surface area contributed by atoms with Crippen molar-refractivity contribution < 1.29 is 0 Å². The predicted octanol–water partition coefficient (Wildman–Crippen LogP) is 13.0. The summed E-state index contributed by atoms with van der Waals surface area (Å²) in [7, 11) is 0. The highest BCUT2D eigenvalue weighted by Crippen LogP contribution is 2.46. The van der Waals surface area contributed by atoms with Gasteiger partial charge in [-0.15, -0.1) is 0 Å². The van der Waals surface area contributed by atoms with E-state index in [0.717, 1.165) is 0 Å². The van der Waals surface area contributed by atoms with Crippen LogP contribution in [0.2, 0.25) is 0 Å². The van der Waals surface area contributed by atoms with Crippen molar-refractivity contribution in [1.82, 2.24) is 0 Å². The van der Waals surface area contributed by atoms with Crippen LogP contribution in [0.25, 0.3) is 87.6 Å². The van der Waals surface area contributed by atoms with E-state index >= 15 is 0 Å². The molecule has 0 heterocycles. The monoisotopic (exact) mass is 582 g/mol. The molecule has 0 bridgehead atoms. The summed E-state index contributed by atoms with van der Waals surface area (Å²) in [5, 5.41) is 10.2. The summed E-state index contributed by atoms with van der Waals surface area (Å²) in [6.07, 6.45) is 0. The zero-order valence-corrected chi connectivity index (χ0v) is 25.3. The van der Waals surface area contributed by atoms with Crippen molar-refractivity contribution in [3.8, 4) is 44.5 Å². The fraction of sp³-hybridized carbons (Fsp3) is 0. The Bertz CT molecular complexity index is 2520. The van der Waals surface area contributed by atoms with E-state index in [4.69, 9.17) is 0 Å². The van der Waals surface area contributed by atoms with Crippen molar-refractivity contribution in [2.24, 2.45) is 0 Å². The second-order valence-electron chi connectivity index (χ2n) is 12.0. The highest BCUT2D eigenvalue weighted by atomic mass is 14.2. The third-order valence-electron chi connectivity index (χ3n) is 9.44. The first kappa shape index (κ1) is 26.4. The third-order valence-corrected chi connectivity index (χ3v) is 9.44. The Labute approximate surface area is 268 Å². The zero-order valence-electron chi connectivity index (χ0n) is 25.3. The van der Waals surface area contributed by atoms with Gasteiger partial charge < -0.3 is 0 Å². The van der Waals surface area contributed by atoms with Crippen molar-refractivity contribution in [3.63, 3.8) is 0 Å². The van der Waals surface area contributed by atoms with Gasteiger partial charge in [-0.25, -0.2) is 0 Å². The Morgan fingerprint density at radius 1 is 0.239 bits per heavy atom. The molecule has 0 saturated heterocycles. The van der Waals surface area contributed by atoms with Gasteiger partial charge in [0.1, 0.15) is 0 Å². The van der Waals surface area contributed by atoms with E-state index in [1.54, 1.807) is 0 Å². The number of fused-ring (bicyclic) bond motifs is 5. The van der Waals surface area contributed by atoms with Crippen molar-refractivity contribution in [1.29, 1.82) is 0 Å². The standard InChI is InChI=1S/C46H30/c1-2-14-31(15-3-1)36-20-6-7-22-39(36)46-42-25-10-8-23-40(42)45(41-24-9-11-26-43(41)46)35-19-12-18-34(30-35)38-27-13-17-33-29-28-32-16-4-5-21-37(32)44(33)38/h1-30H. The molecule has 0 aliphatic carbocycles. The van der Waals surface area contributed by atoms with E-state index in [-0.39, 0.29) is 0 Å². The molecule has 0 aliphatic rings. The number of hydrogen-bond donors (Lipinski definition) is 0. The number of benzene rings is 9. The van der Waals surface area contributed by atoms with Gasteiger partial charge >= 0.3 is 0 Å². The van der Waals surface area contributed by atoms with Crippen molar-refractivity contribution in [2.75, 3.05) is 0 Å². The van der Waals surface area contributed by atoms with Gasteiger partial charge in [0.25, 0.3) is 0 Å². The molecule has 0 spiro atoms. The maximum absolute atomic E-state index is 2.39. The second kappa shape index (κ2) is 10.9. The van der Waals surface area contributed by atoms with Crippen LogP contribution < -0.4 is 0 Å². The highest BCUT2D eigenvalue weighted by molar-refractivity contribution is 6.23. The molecule has 0 unspecified atom stereocenters. The topological polar surface area (TPSA) is 0 Å². The summed E-state index contributed by atoms with van der Waals surface area (Å²) in [4.78, 5) is 0. The van der Waals surface area contributed by atoms with E-state index in [9.17, 15) is 0 Å². The van der Waals surface area contributed by atoms with Crippen LogP contribution in [0.1, 0.15) is 0 Å². The molecule has 0 aliphatic heterocycles. The lowest BCUT2D eigenvalue weighted by Gasteiger charge is -2.20. The zero-order chi connectivity index (χ0) is 30.5. The van der Waals surface area contributed by atoms with E-state index in [0.29, 0.717) is 0 Å². The minimum Gasteiger partial charge on any atom is -0.0622 e. The largest absolute Gasteiger partial charge is 0.0622 e. The van der Waals surface area contributed by atoms with Crippen LogP contribution in [-0.4, -0.2) is 0 Å². The lowest BCUT2D eigenvalue weighted by molar-refractivity contribution is 1.60. The fourth-order valence-corrected chi connectivity index (χ4v) is 7.44. The van der Waals surface area contributed by atoms with Crippen LogP contribution in [-0.2, 0) is 0 Å². The summed E-state index contributed by atoms with van der Waals surface area (Å²) >= 11 is 0. The quantitative estimate of drug-likeness (QED) is 0.143. The van der Waals surface area contributed by atoms with Gasteiger partial charge in [0.05, 0.1) is 0 Å². The predicted molar refractivity (Wildman–Crippen MR) is 198 cm³/mol. The summed E-state index contributed by atoms with van der Waals surface area (Å²) in [6, 6.07) is 66.5.